The number of hydrogen-bond acceptors (Lipinski definition) is 9. The van der Waals surface area contributed by atoms with Crippen molar-refractivity contribution < 1.29 is 42.9 Å². The lowest BCUT2D eigenvalue weighted by atomic mass is 9.99. The summed E-state index contributed by atoms with van der Waals surface area (Å²) in [7, 11) is 0. The number of aromatic nitrogens is 1. The summed E-state index contributed by atoms with van der Waals surface area (Å²) in [5, 5.41) is 0.618. The Bertz CT molecular complexity index is 1930. The van der Waals surface area contributed by atoms with E-state index in [2.05, 4.69) is 9.72 Å². The molecular weight excluding hydrogens is 616 g/mol. The Morgan fingerprint density at radius 3 is 2.17 bits per heavy atom. The van der Waals surface area contributed by atoms with Crippen LogP contribution in [0.25, 0.3) is 16.5 Å². The number of benzene rings is 3. The van der Waals surface area contributed by atoms with E-state index in [-0.39, 0.29) is 22.5 Å². The number of imide groups is 3. The summed E-state index contributed by atoms with van der Waals surface area (Å²) in [6.07, 6.45) is 1.79. The maximum atomic E-state index is 13.9. The molecule has 0 bridgehead atoms. The summed E-state index contributed by atoms with van der Waals surface area (Å²) >= 11 is 0. The maximum absolute atomic E-state index is 13.9. The molecule has 6 rings (SSSR count). The first-order valence-electron chi connectivity index (χ1n) is 15.2. The zero-order chi connectivity index (χ0) is 34.6. The van der Waals surface area contributed by atoms with Crippen molar-refractivity contribution in [1.82, 2.24) is 9.88 Å². The van der Waals surface area contributed by atoms with Crippen LogP contribution in [0.1, 0.15) is 52.7 Å². The van der Waals surface area contributed by atoms with E-state index < -0.39 is 23.5 Å². The zero-order valence-corrected chi connectivity index (χ0v) is 27.5. The van der Waals surface area contributed by atoms with Crippen molar-refractivity contribution in [2.24, 2.45) is 0 Å². The first-order valence-corrected chi connectivity index (χ1v) is 15.2. The molecule has 48 heavy (non-hydrogen) atoms. The second kappa shape index (κ2) is 13.5. The predicted molar refractivity (Wildman–Crippen MR) is 177 cm³/mol. The number of nitrogens with one attached hydrogen (secondary N) is 1. The van der Waals surface area contributed by atoms with Crippen molar-refractivity contribution in [1.29, 1.82) is 0 Å². The van der Waals surface area contributed by atoms with Crippen molar-refractivity contribution in [3.05, 3.63) is 108 Å². The Hall–Kier alpha value is -5.84. The lowest BCUT2D eigenvalue weighted by Gasteiger charge is -2.23. The fourth-order valence-corrected chi connectivity index (χ4v) is 4.76. The number of nitrogens with zero attached hydrogens (tertiary/aromatic N) is 1. The Balaban J connectivity index is 0.000000582. The van der Waals surface area contributed by atoms with Crippen molar-refractivity contribution in [3.63, 3.8) is 0 Å². The average Bonchev–Trinajstić information content (AvgIpc) is 3.55. The van der Waals surface area contributed by atoms with E-state index in [1.807, 2.05) is 63.2 Å². The average molecular weight is 653 g/mol. The Morgan fingerprint density at radius 1 is 0.854 bits per heavy atom. The number of carbonyl (C=O) groups excluding carboxylic acids is 4. The van der Waals surface area contributed by atoms with E-state index in [1.54, 1.807) is 57.3 Å². The molecule has 0 saturated carbocycles. The molecule has 0 spiro atoms. The minimum Gasteiger partial charge on any atom is -0.489 e. The predicted octanol–water partition coefficient (Wildman–Crippen LogP) is 7.08. The van der Waals surface area contributed by atoms with Gasteiger partial charge in [0.15, 0.2) is 17.3 Å². The van der Waals surface area contributed by atoms with Crippen molar-refractivity contribution >= 4 is 40.9 Å². The van der Waals surface area contributed by atoms with Gasteiger partial charge in [-0.3, -0.25) is 14.4 Å². The summed E-state index contributed by atoms with van der Waals surface area (Å²) in [5.74, 6) is -0.335. The van der Waals surface area contributed by atoms with E-state index in [4.69, 9.17) is 18.9 Å². The Kier molecular flexibility index (Phi) is 9.42. The molecule has 2 aliphatic rings. The zero-order valence-electron chi connectivity index (χ0n) is 27.5. The maximum Gasteiger partial charge on any atom is 0.424 e. The summed E-state index contributed by atoms with van der Waals surface area (Å²) in [4.78, 5) is 53.9. The van der Waals surface area contributed by atoms with Crippen LogP contribution in [0, 0.1) is 0 Å². The summed E-state index contributed by atoms with van der Waals surface area (Å²) in [6, 6.07) is 22.1. The number of H-pyrrole nitrogens is 1. The minimum atomic E-state index is -1.08. The van der Waals surface area contributed by atoms with Crippen LogP contribution in [0.3, 0.4) is 0 Å². The van der Waals surface area contributed by atoms with Gasteiger partial charge in [0.2, 0.25) is 0 Å². The largest absolute Gasteiger partial charge is 0.489 e. The number of carbonyl (C=O) groups is 4. The van der Waals surface area contributed by atoms with Crippen LogP contribution in [-0.2, 0) is 30.5 Å². The van der Waals surface area contributed by atoms with Crippen LogP contribution in [0.5, 0.6) is 17.2 Å². The molecule has 0 aliphatic carbocycles. The molecule has 0 unspecified atom stereocenters. The molecule has 0 saturated heterocycles. The van der Waals surface area contributed by atoms with Gasteiger partial charge in [0.1, 0.15) is 29.8 Å². The Labute approximate surface area is 277 Å². The van der Waals surface area contributed by atoms with E-state index in [0.717, 1.165) is 5.56 Å². The lowest BCUT2D eigenvalue weighted by molar-refractivity contribution is -0.139. The highest BCUT2D eigenvalue weighted by Gasteiger charge is 2.47. The highest BCUT2D eigenvalue weighted by atomic mass is 16.6. The van der Waals surface area contributed by atoms with Crippen LogP contribution < -0.4 is 14.2 Å². The summed E-state index contributed by atoms with van der Waals surface area (Å²) in [5.41, 5.74) is 0.700. The quantitative estimate of drug-likeness (QED) is 0.171. The fourth-order valence-electron chi connectivity index (χ4n) is 4.76. The second-order valence-corrected chi connectivity index (χ2v) is 12.8. The molecule has 0 radical (unpaired) electrons. The molecule has 2 aliphatic heterocycles. The molecule has 3 aromatic carbocycles. The van der Waals surface area contributed by atoms with Crippen molar-refractivity contribution in [2.45, 2.75) is 59.4 Å². The molecule has 11 heteroatoms. The van der Waals surface area contributed by atoms with Gasteiger partial charge in [-0.15, -0.1) is 0 Å². The van der Waals surface area contributed by atoms with Gasteiger partial charge in [0, 0.05) is 22.7 Å². The SMILES string of the molecule is CC(C)(C)OC(=O)N1C(=O)C(C2=COc3ccccc3O2)=C(c2c[nH]c3ccc(OCc4ccccc4)cc23)C1=O.CC(C)(C)OC=O. The second-order valence-electron chi connectivity index (χ2n) is 12.8. The first-order chi connectivity index (χ1) is 22.8. The molecule has 11 nitrogen and oxygen atoms in total. The molecule has 0 atom stereocenters. The highest BCUT2D eigenvalue weighted by Crippen LogP contribution is 2.41. The minimum absolute atomic E-state index is 0.00561. The van der Waals surface area contributed by atoms with Gasteiger partial charge in [0.25, 0.3) is 18.3 Å². The van der Waals surface area contributed by atoms with Gasteiger partial charge in [-0.2, -0.15) is 4.90 Å². The molecule has 4 aromatic rings. The van der Waals surface area contributed by atoms with Crippen molar-refractivity contribution in [3.8, 4) is 17.2 Å². The molecular formula is C37H36N2O9. The van der Waals surface area contributed by atoms with Gasteiger partial charge in [-0.05, 0) is 77.4 Å². The monoisotopic (exact) mass is 652 g/mol. The molecule has 3 heterocycles. The third-order valence-corrected chi connectivity index (χ3v) is 6.84. The topological polar surface area (TPSA) is 133 Å². The number of ether oxygens (including phenoxy) is 5. The van der Waals surface area contributed by atoms with Crippen LogP contribution >= 0.6 is 0 Å². The van der Waals surface area contributed by atoms with Gasteiger partial charge in [-0.1, -0.05) is 42.5 Å². The van der Waals surface area contributed by atoms with Gasteiger partial charge < -0.3 is 28.7 Å². The van der Waals surface area contributed by atoms with Crippen LogP contribution in [0.2, 0.25) is 0 Å². The van der Waals surface area contributed by atoms with E-state index in [9.17, 15) is 19.2 Å². The van der Waals surface area contributed by atoms with Gasteiger partial charge >= 0.3 is 6.09 Å². The third kappa shape index (κ3) is 7.58. The van der Waals surface area contributed by atoms with Crippen LogP contribution in [-0.4, -0.2) is 45.5 Å². The van der Waals surface area contributed by atoms with Crippen LogP contribution in [0.15, 0.2) is 96.6 Å². The number of amides is 3. The molecule has 3 amide bonds. The number of para-hydroxylation sites is 2. The highest BCUT2D eigenvalue weighted by molar-refractivity contribution is 6.42. The molecule has 1 N–H and O–H groups in total. The molecule has 0 fully saturated rings. The smallest absolute Gasteiger partial charge is 0.424 e. The standard InChI is InChI=1S/C32H26N2O7.C5H10O2/c1-32(2,3)41-31(37)34-29(35)27(28(30(34)36)26-18-39-24-11-7-8-12-25(24)40-26)22-16-33-23-14-13-20(15-21(22)23)38-17-19-9-5-4-6-10-19;1-5(2,3)7-4-6/h4-16,18,33H,17H2,1-3H3;4H,1-3H3. The number of fused-ring (bicyclic) bond motifs is 2. The summed E-state index contributed by atoms with van der Waals surface area (Å²) < 4.78 is 27.7. The van der Waals surface area contributed by atoms with Gasteiger partial charge in [-0.25, -0.2) is 4.79 Å². The normalized spacial score (nSPS) is 14.3. The molecule has 248 valence electrons. The molecule has 1 aromatic heterocycles. The Morgan fingerprint density at radius 2 is 1.52 bits per heavy atom. The first kappa shape index (κ1) is 33.5. The number of rotatable bonds is 6. The fraction of sp³-hybridized carbons (Fsp3) is 0.243. The van der Waals surface area contributed by atoms with E-state index >= 15 is 0 Å². The number of hydrogen-bond donors (Lipinski definition) is 1. The van der Waals surface area contributed by atoms with Crippen molar-refractivity contribution in [2.75, 3.05) is 0 Å². The summed E-state index contributed by atoms with van der Waals surface area (Å²) in [6.45, 7) is 11.2. The lowest BCUT2D eigenvalue weighted by Crippen LogP contribution is -2.41. The number of aromatic amines is 1. The third-order valence-electron chi connectivity index (χ3n) is 6.84. The van der Waals surface area contributed by atoms with Gasteiger partial charge in [0.05, 0.1) is 11.1 Å². The van der Waals surface area contributed by atoms with E-state index in [1.165, 1.54) is 6.26 Å². The van der Waals surface area contributed by atoms with E-state index in [0.29, 0.717) is 51.7 Å². The van der Waals surface area contributed by atoms with Crippen LogP contribution in [0.4, 0.5) is 4.79 Å².